The van der Waals surface area contributed by atoms with Crippen molar-refractivity contribution < 1.29 is 27.5 Å². The number of ether oxygens (including phenoxy) is 2. The van der Waals surface area contributed by atoms with E-state index in [1.807, 2.05) is 20.8 Å². The van der Waals surface area contributed by atoms with E-state index in [1.165, 1.54) is 43.4 Å². The highest BCUT2D eigenvalue weighted by Gasteiger charge is 2.34. The number of halogens is 2. The minimum Gasteiger partial charge on any atom is -0.493 e. The summed E-state index contributed by atoms with van der Waals surface area (Å²) in [7, 11) is -1.35. The Hall–Kier alpha value is -3.47. The molecular formula is C32H39Cl2N3O6S. The molecule has 0 saturated carbocycles. The van der Waals surface area contributed by atoms with Crippen LogP contribution in [0.5, 0.6) is 11.5 Å². The van der Waals surface area contributed by atoms with E-state index < -0.39 is 28.5 Å². The van der Waals surface area contributed by atoms with Gasteiger partial charge in [0.05, 0.1) is 34.8 Å². The predicted molar refractivity (Wildman–Crippen MR) is 174 cm³/mol. The Morgan fingerprint density at radius 3 is 2.11 bits per heavy atom. The molecule has 44 heavy (non-hydrogen) atoms. The van der Waals surface area contributed by atoms with Crippen LogP contribution in [0.2, 0.25) is 10.0 Å². The summed E-state index contributed by atoms with van der Waals surface area (Å²) in [4.78, 5) is 29.1. The second-order valence-corrected chi connectivity index (χ2v) is 13.1. The van der Waals surface area contributed by atoms with E-state index >= 15 is 0 Å². The molecule has 3 aromatic rings. The Morgan fingerprint density at radius 1 is 0.886 bits per heavy atom. The third kappa shape index (κ3) is 8.37. The molecule has 3 aromatic carbocycles. The smallest absolute Gasteiger partial charge is 0.264 e. The van der Waals surface area contributed by atoms with Crippen molar-refractivity contribution in [2.24, 2.45) is 0 Å². The molecule has 0 spiro atoms. The Labute approximate surface area is 270 Å². The number of hydrogen-bond donors (Lipinski definition) is 1. The Balaban J connectivity index is 2.13. The zero-order valence-electron chi connectivity index (χ0n) is 25.8. The molecule has 0 bridgehead atoms. The van der Waals surface area contributed by atoms with Crippen LogP contribution >= 0.6 is 23.2 Å². The molecule has 0 aliphatic heterocycles. The van der Waals surface area contributed by atoms with E-state index in [2.05, 4.69) is 5.32 Å². The maximum Gasteiger partial charge on any atom is 0.264 e. The van der Waals surface area contributed by atoms with Crippen molar-refractivity contribution in [1.29, 1.82) is 0 Å². The minimum absolute atomic E-state index is 0.00303. The number of amides is 2. The van der Waals surface area contributed by atoms with Gasteiger partial charge in [-0.3, -0.25) is 13.9 Å². The lowest BCUT2D eigenvalue weighted by molar-refractivity contribution is -0.140. The Bertz CT molecular complexity index is 1570. The fourth-order valence-corrected chi connectivity index (χ4v) is 6.27. The van der Waals surface area contributed by atoms with Crippen LogP contribution < -0.4 is 19.1 Å². The molecule has 3 rings (SSSR count). The normalized spacial score (nSPS) is 12.6. The van der Waals surface area contributed by atoms with E-state index in [9.17, 15) is 18.0 Å². The SMILES string of the molecule is CCC(C)NC(=O)C(CC)N(Cc1ccc(Cl)c(Cl)c1)C(=O)CN(c1ccc(OC)c(OC)c1)S(=O)(=O)c1ccc(C)cc1. The number of nitrogens with zero attached hydrogens (tertiary/aromatic N) is 2. The lowest BCUT2D eigenvalue weighted by Gasteiger charge is -2.34. The van der Waals surface area contributed by atoms with E-state index in [4.69, 9.17) is 32.7 Å². The second kappa shape index (κ2) is 15.5. The quantitative estimate of drug-likeness (QED) is 0.219. The van der Waals surface area contributed by atoms with Gasteiger partial charge in [-0.25, -0.2) is 8.42 Å². The van der Waals surface area contributed by atoms with Crippen LogP contribution in [0.15, 0.2) is 65.6 Å². The molecule has 0 aliphatic rings. The van der Waals surface area contributed by atoms with Crippen LogP contribution in [0.25, 0.3) is 0 Å². The molecule has 2 atom stereocenters. The van der Waals surface area contributed by atoms with Gasteiger partial charge in [-0.15, -0.1) is 0 Å². The van der Waals surface area contributed by atoms with Crippen molar-refractivity contribution in [3.05, 3.63) is 81.8 Å². The Kier molecular flexibility index (Phi) is 12.3. The lowest BCUT2D eigenvalue weighted by atomic mass is 10.1. The van der Waals surface area contributed by atoms with Gasteiger partial charge >= 0.3 is 0 Å². The standard InChI is InChI=1S/C32H39Cl2N3O6S/c1-7-22(4)35-32(39)28(8-2)36(19-23-11-15-26(33)27(34)17-23)31(38)20-37(24-12-16-29(42-5)30(18-24)43-6)44(40,41)25-13-9-21(3)10-14-25/h9-18,22,28H,7-8,19-20H2,1-6H3,(H,35,39). The molecule has 1 N–H and O–H groups in total. The summed E-state index contributed by atoms with van der Waals surface area (Å²) in [6.07, 6.45) is 0.987. The van der Waals surface area contributed by atoms with Crippen molar-refractivity contribution in [3.63, 3.8) is 0 Å². The molecule has 0 radical (unpaired) electrons. The molecule has 12 heteroatoms. The number of benzene rings is 3. The summed E-state index contributed by atoms with van der Waals surface area (Å²) in [5.41, 5.74) is 1.69. The second-order valence-electron chi connectivity index (χ2n) is 10.4. The first-order valence-corrected chi connectivity index (χ1v) is 16.4. The van der Waals surface area contributed by atoms with Crippen molar-refractivity contribution >= 4 is 50.7 Å². The summed E-state index contributed by atoms with van der Waals surface area (Å²) < 4.78 is 40.0. The third-order valence-corrected chi connectivity index (χ3v) is 9.79. The van der Waals surface area contributed by atoms with Gasteiger partial charge in [-0.1, -0.05) is 60.8 Å². The molecule has 238 valence electrons. The molecule has 0 heterocycles. The number of nitrogens with one attached hydrogen (secondary N) is 1. The molecule has 2 amide bonds. The van der Waals surface area contributed by atoms with Gasteiger partial charge < -0.3 is 19.7 Å². The fraction of sp³-hybridized carbons (Fsp3) is 0.375. The van der Waals surface area contributed by atoms with Crippen molar-refractivity contribution in [3.8, 4) is 11.5 Å². The van der Waals surface area contributed by atoms with Crippen molar-refractivity contribution in [1.82, 2.24) is 10.2 Å². The maximum atomic E-state index is 14.3. The van der Waals surface area contributed by atoms with Crippen LogP contribution in [0.4, 0.5) is 5.69 Å². The first-order valence-electron chi connectivity index (χ1n) is 14.2. The molecular weight excluding hydrogens is 625 g/mol. The lowest BCUT2D eigenvalue weighted by Crippen LogP contribution is -2.53. The predicted octanol–water partition coefficient (Wildman–Crippen LogP) is 6.24. The summed E-state index contributed by atoms with van der Waals surface area (Å²) in [5.74, 6) is -0.250. The van der Waals surface area contributed by atoms with Gasteiger partial charge in [0.2, 0.25) is 11.8 Å². The molecule has 2 unspecified atom stereocenters. The third-order valence-electron chi connectivity index (χ3n) is 7.27. The highest BCUT2D eigenvalue weighted by atomic mass is 35.5. The summed E-state index contributed by atoms with van der Waals surface area (Å²) in [6, 6.07) is 14.9. The average Bonchev–Trinajstić information content (AvgIpc) is 3.00. The monoisotopic (exact) mass is 663 g/mol. The van der Waals surface area contributed by atoms with Gasteiger partial charge in [0.15, 0.2) is 11.5 Å². The Morgan fingerprint density at radius 2 is 1.55 bits per heavy atom. The van der Waals surface area contributed by atoms with Gasteiger partial charge in [0.25, 0.3) is 10.0 Å². The number of anilines is 1. The largest absolute Gasteiger partial charge is 0.493 e. The number of methoxy groups -OCH3 is 2. The minimum atomic E-state index is -4.25. The van der Waals surface area contributed by atoms with Crippen molar-refractivity contribution in [2.45, 2.75) is 64.1 Å². The number of aryl methyl sites for hydroxylation is 1. The van der Waals surface area contributed by atoms with E-state index in [0.29, 0.717) is 27.8 Å². The number of carbonyl (C=O) groups is 2. The summed E-state index contributed by atoms with van der Waals surface area (Å²) in [5, 5.41) is 3.59. The molecule has 9 nitrogen and oxygen atoms in total. The first-order chi connectivity index (χ1) is 20.9. The van der Waals surface area contributed by atoms with Crippen molar-refractivity contribution in [2.75, 3.05) is 25.1 Å². The van der Waals surface area contributed by atoms with E-state index in [-0.39, 0.29) is 41.2 Å². The van der Waals surface area contributed by atoms with Crippen LogP contribution in [-0.2, 0) is 26.2 Å². The highest BCUT2D eigenvalue weighted by Crippen LogP contribution is 2.34. The molecule has 0 saturated heterocycles. The summed E-state index contributed by atoms with van der Waals surface area (Å²) in [6.45, 7) is 6.87. The van der Waals surface area contributed by atoms with Crippen LogP contribution in [0.3, 0.4) is 0 Å². The zero-order valence-corrected chi connectivity index (χ0v) is 28.1. The van der Waals surface area contributed by atoms with E-state index in [1.54, 1.807) is 43.3 Å². The van der Waals surface area contributed by atoms with Gasteiger partial charge in [0, 0.05) is 18.7 Å². The molecule has 0 aromatic heterocycles. The average molecular weight is 665 g/mol. The fourth-order valence-electron chi connectivity index (χ4n) is 4.54. The topological polar surface area (TPSA) is 105 Å². The van der Waals surface area contributed by atoms with Gasteiger partial charge in [0.1, 0.15) is 12.6 Å². The first kappa shape index (κ1) is 35.0. The summed E-state index contributed by atoms with van der Waals surface area (Å²) >= 11 is 12.4. The van der Waals surface area contributed by atoms with Gasteiger partial charge in [-0.2, -0.15) is 0 Å². The number of carbonyl (C=O) groups excluding carboxylic acids is 2. The molecule has 0 aliphatic carbocycles. The highest BCUT2D eigenvalue weighted by molar-refractivity contribution is 7.92. The van der Waals surface area contributed by atoms with Crippen LogP contribution in [0, 0.1) is 6.92 Å². The van der Waals surface area contributed by atoms with E-state index in [0.717, 1.165) is 9.87 Å². The maximum absolute atomic E-state index is 14.3. The zero-order chi connectivity index (χ0) is 32.6. The van der Waals surface area contributed by atoms with Gasteiger partial charge in [-0.05, 0) is 68.7 Å². The molecule has 0 fully saturated rings. The van der Waals surface area contributed by atoms with Crippen LogP contribution in [-0.4, -0.2) is 58.0 Å². The number of rotatable bonds is 14. The number of hydrogen-bond acceptors (Lipinski definition) is 6. The van der Waals surface area contributed by atoms with Crippen LogP contribution in [0.1, 0.15) is 44.7 Å². The number of sulfonamides is 1.